The molecule has 25 heavy (non-hydrogen) atoms. The summed E-state index contributed by atoms with van der Waals surface area (Å²) in [5.41, 5.74) is 8.49. The van der Waals surface area contributed by atoms with Gasteiger partial charge in [0, 0.05) is 43.6 Å². The van der Waals surface area contributed by atoms with Crippen LogP contribution < -0.4 is 5.73 Å². The largest absolute Gasteiger partial charge is 0.364 e. The number of aromatic nitrogens is 3. The smallest absolute Gasteiger partial charge is 0.315 e. The molecular formula is C16H20N6O3. The van der Waals surface area contributed by atoms with Crippen LogP contribution in [0.1, 0.15) is 40.3 Å². The number of nitrogens with zero attached hydrogens (tertiary/aromatic N) is 5. The Morgan fingerprint density at radius 2 is 2.20 bits per heavy atom. The zero-order valence-electron chi connectivity index (χ0n) is 14.2. The Balaban J connectivity index is 1.77. The first-order chi connectivity index (χ1) is 12.0. The van der Waals surface area contributed by atoms with Gasteiger partial charge in [-0.05, 0) is 6.92 Å². The minimum absolute atomic E-state index is 0.0000278. The first-order valence-electron chi connectivity index (χ1n) is 8.26. The highest BCUT2D eigenvalue weighted by atomic mass is 16.5. The van der Waals surface area contributed by atoms with E-state index in [1.165, 1.54) is 6.26 Å². The molecule has 0 saturated heterocycles. The molecule has 0 aromatic carbocycles. The van der Waals surface area contributed by atoms with E-state index in [9.17, 15) is 9.59 Å². The molecule has 9 heteroatoms. The zero-order valence-corrected chi connectivity index (χ0v) is 14.2. The fourth-order valence-electron chi connectivity index (χ4n) is 3.74. The first kappa shape index (κ1) is 15.7. The van der Waals surface area contributed by atoms with E-state index in [-0.39, 0.29) is 17.9 Å². The molecule has 2 aliphatic rings. The Bertz CT molecular complexity index is 827. The molecule has 2 aromatic rings. The summed E-state index contributed by atoms with van der Waals surface area (Å²) in [6.45, 7) is 3.31. The van der Waals surface area contributed by atoms with Crippen molar-refractivity contribution in [2.45, 2.75) is 38.4 Å². The van der Waals surface area contributed by atoms with Gasteiger partial charge in [-0.1, -0.05) is 5.16 Å². The topological polar surface area (TPSA) is 110 Å². The van der Waals surface area contributed by atoms with E-state index in [1.54, 1.807) is 21.5 Å². The highest BCUT2D eigenvalue weighted by Gasteiger charge is 2.37. The van der Waals surface area contributed by atoms with Gasteiger partial charge < -0.3 is 20.1 Å². The predicted octanol–water partition coefficient (Wildman–Crippen LogP) is 0.566. The summed E-state index contributed by atoms with van der Waals surface area (Å²) in [6.07, 6.45) is 2.12. The van der Waals surface area contributed by atoms with Gasteiger partial charge in [0.1, 0.15) is 12.0 Å². The lowest BCUT2D eigenvalue weighted by atomic mass is 9.99. The maximum atomic E-state index is 12.9. The maximum Gasteiger partial charge on any atom is 0.315 e. The Morgan fingerprint density at radius 1 is 1.40 bits per heavy atom. The second kappa shape index (κ2) is 5.61. The molecule has 2 N–H and O–H groups in total. The Labute approximate surface area is 144 Å². The maximum absolute atomic E-state index is 12.9. The number of primary amides is 1. The number of fused-ring (bicyclic) bond motifs is 3. The van der Waals surface area contributed by atoms with Crippen LogP contribution in [0.15, 0.2) is 16.9 Å². The van der Waals surface area contributed by atoms with Crippen LogP contribution in [0.4, 0.5) is 4.79 Å². The number of hydrogen-bond acceptors (Lipinski definition) is 5. The molecule has 3 amide bonds. The lowest BCUT2D eigenvalue weighted by Gasteiger charge is -2.31. The van der Waals surface area contributed by atoms with Gasteiger partial charge in [0.2, 0.25) is 0 Å². The van der Waals surface area contributed by atoms with Crippen molar-refractivity contribution < 1.29 is 14.1 Å². The third-order valence-electron chi connectivity index (χ3n) is 5.08. The van der Waals surface area contributed by atoms with Crippen LogP contribution in [0.5, 0.6) is 0 Å². The summed E-state index contributed by atoms with van der Waals surface area (Å²) >= 11 is 0. The summed E-state index contributed by atoms with van der Waals surface area (Å²) in [5.74, 6) is -0.0984. The molecule has 2 atom stereocenters. The highest BCUT2D eigenvalue weighted by molar-refractivity contribution is 5.94. The first-order valence-corrected chi connectivity index (χ1v) is 8.26. The number of urea groups is 1. The Kier molecular flexibility index (Phi) is 3.52. The fourth-order valence-corrected chi connectivity index (χ4v) is 3.74. The number of carbonyl (C=O) groups is 2. The molecule has 2 aromatic heterocycles. The van der Waals surface area contributed by atoms with Crippen molar-refractivity contribution in [3.05, 3.63) is 35.0 Å². The number of hydrogen-bond donors (Lipinski definition) is 1. The molecule has 0 bridgehead atoms. The van der Waals surface area contributed by atoms with Gasteiger partial charge in [-0.15, -0.1) is 0 Å². The average molecular weight is 344 g/mol. The quantitative estimate of drug-likeness (QED) is 0.813. The van der Waals surface area contributed by atoms with E-state index in [0.717, 1.165) is 17.0 Å². The van der Waals surface area contributed by atoms with E-state index in [1.807, 2.05) is 13.0 Å². The molecule has 4 rings (SSSR count). The van der Waals surface area contributed by atoms with Crippen molar-refractivity contribution in [3.63, 3.8) is 0 Å². The molecule has 0 fully saturated rings. The molecule has 132 valence electrons. The second-order valence-corrected chi connectivity index (χ2v) is 6.78. The second-order valence-electron chi connectivity index (χ2n) is 6.78. The number of carbonyl (C=O) groups excluding carboxylic acids is 2. The molecule has 9 nitrogen and oxygen atoms in total. The number of nitrogens with two attached hydrogens (primary N) is 1. The minimum Gasteiger partial charge on any atom is -0.364 e. The lowest BCUT2D eigenvalue weighted by molar-refractivity contribution is 0.0787. The van der Waals surface area contributed by atoms with Crippen LogP contribution in [-0.4, -0.2) is 56.3 Å². The molecule has 0 spiro atoms. The van der Waals surface area contributed by atoms with E-state index >= 15 is 0 Å². The van der Waals surface area contributed by atoms with Gasteiger partial charge in [0.15, 0.2) is 0 Å². The summed E-state index contributed by atoms with van der Waals surface area (Å²) in [5, 5.41) is 8.69. The Hall–Kier alpha value is -2.84. The Morgan fingerprint density at radius 3 is 2.88 bits per heavy atom. The summed E-state index contributed by atoms with van der Waals surface area (Å²) in [7, 11) is 1.77. The highest BCUT2D eigenvalue weighted by Crippen LogP contribution is 2.30. The SMILES string of the molecule is CC1Cc2nn3c(c2CN1C(N)=O)C(=O)N(C)CC(c1ccon1)C3. The lowest BCUT2D eigenvalue weighted by Crippen LogP contribution is -2.45. The van der Waals surface area contributed by atoms with Crippen LogP contribution in [0.2, 0.25) is 0 Å². The number of rotatable bonds is 1. The van der Waals surface area contributed by atoms with E-state index in [2.05, 4.69) is 10.3 Å². The van der Waals surface area contributed by atoms with Crippen LogP contribution in [-0.2, 0) is 19.5 Å². The van der Waals surface area contributed by atoms with E-state index in [0.29, 0.717) is 31.7 Å². The van der Waals surface area contributed by atoms with Crippen molar-refractivity contribution in [1.82, 2.24) is 24.7 Å². The van der Waals surface area contributed by atoms with Gasteiger partial charge in [-0.3, -0.25) is 9.48 Å². The van der Waals surface area contributed by atoms with Gasteiger partial charge in [-0.2, -0.15) is 5.10 Å². The number of likely N-dealkylation sites (N-methyl/N-ethyl adjacent to an activating group) is 1. The van der Waals surface area contributed by atoms with Crippen LogP contribution >= 0.6 is 0 Å². The van der Waals surface area contributed by atoms with E-state index in [4.69, 9.17) is 10.3 Å². The van der Waals surface area contributed by atoms with Gasteiger partial charge in [0.05, 0.1) is 24.5 Å². The van der Waals surface area contributed by atoms with Crippen molar-refractivity contribution >= 4 is 11.9 Å². The predicted molar refractivity (Wildman–Crippen MR) is 86.7 cm³/mol. The summed E-state index contributed by atoms with van der Waals surface area (Å²) in [4.78, 5) is 27.9. The third kappa shape index (κ3) is 2.46. The van der Waals surface area contributed by atoms with Crippen molar-refractivity contribution in [2.24, 2.45) is 5.73 Å². The molecule has 2 unspecified atom stereocenters. The minimum atomic E-state index is -0.479. The molecule has 0 saturated carbocycles. The zero-order chi connectivity index (χ0) is 17.7. The molecule has 4 heterocycles. The monoisotopic (exact) mass is 344 g/mol. The van der Waals surface area contributed by atoms with Crippen molar-refractivity contribution in [2.75, 3.05) is 13.6 Å². The van der Waals surface area contributed by atoms with E-state index < -0.39 is 6.03 Å². The van der Waals surface area contributed by atoms with Gasteiger partial charge in [0.25, 0.3) is 5.91 Å². The van der Waals surface area contributed by atoms with Crippen molar-refractivity contribution in [3.8, 4) is 0 Å². The van der Waals surface area contributed by atoms with Gasteiger partial charge >= 0.3 is 6.03 Å². The molecule has 2 aliphatic heterocycles. The summed E-state index contributed by atoms with van der Waals surface area (Å²) < 4.78 is 6.71. The normalized spacial score (nSPS) is 23.2. The molecule has 0 radical (unpaired) electrons. The molecule has 0 aliphatic carbocycles. The summed E-state index contributed by atoms with van der Waals surface area (Å²) in [6, 6.07) is 1.30. The van der Waals surface area contributed by atoms with Crippen LogP contribution in [0, 0.1) is 0 Å². The third-order valence-corrected chi connectivity index (χ3v) is 5.08. The van der Waals surface area contributed by atoms with Crippen molar-refractivity contribution in [1.29, 1.82) is 0 Å². The number of amides is 3. The van der Waals surface area contributed by atoms with Crippen LogP contribution in [0.3, 0.4) is 0 Å². The standard InChI is InChI=1S/C16H20N6O3/c1-9-5-13-11(8-21(9)16(17)24)14-15(23)20(2)6-10(7-22(14)18-13)12-3-4-25-19-12/h3-4,9-10H,5-8H2,1-2H3,(H2,17,24). The van der Waals surface area contributed by atoms with Gasteiger partial charge in [-0.25, -0.2) is 4.79 Å². The molecular weight excluding hydrogens is 324 g/mol. The fraction of sp³-hybridized carbons (Fsp3) is 0.500. The van der Waals surface area contributed by atoms with Crippen LogP contribution in [0.25, 0.3) is 0 Å². The average Bonchev–Trinajstić information content (AvgIpc) is 3.17.